The van der Waals surface area contributed by atoms with Gasteiger partial charge in [0.25, 0.3) is 11.2 Å². The molecule has 232 valence electrons. The van der Waals surface area contributed by atoms with Gasteiger partial charge < -0.3 is 18.9 Å². The second kappa shape index (κ2) is 13.6. The largest absolute Gasteiger partial charge is 0.493 e. The smallest absolute Gasteiger partial charge is 0.338 e. The number of rotatable bonds is 11. The summed E-state index contributed by atoms with van der Waals surface area (Å²) >= 11 is 1.23. The van der Waals surface area contributed by atoms with Gasteiger partial charge in [-0.3, -0.25) is 19.5 Å². The number of nitrogens with zero attached hydrogens (tertiary/aromatic N) is 3. The Balaban J connectivity index is 1.48. The summed E-state index contributed by atoms with van der Waals surface area (Å²) in [7, 11) is 1.55. The van der Waals surface area contributed by atoms with Crippen molar-refractivity contribution in [1.82, 2.24) is 4.57 Å². The van der Waals surface area contributed by atoms with Gasteiger partial charge in [-0.2, -0.15) is 0 Å². The highest BCUT2D eigenvalue weighted by Crippen LogP contribution is 2.36. The Kier molecular flexibility index (Phi) is 9.43. The van der Waals surface area contributed by atoms with Crippen molar-refractivity contribution in [2.75, 3.05) is 20.3 Å². The van der Waals surface area contributed by atoms with Crippen LogP contribution in [0, 0.1) is 10.1 Å². The first-order chi connectivity index (χ1) is 21.7. The topological polar surface area (TPSA) is 131 Å². The van der Waals surface area contributed by atoms with Gasteiger partial charge in [0.1, 0.15) is 12.4 Å². The molecule has 0 unspecified atom stereocenters. The number of benzene rings is 3. The van der Waals surface area contributed by atoms with E-state index in [1.165, 1.54) is 28.0 Å². The van der Waals surface area contributed by atoms with E-state index in [1.54, 1.807) is 69.5 Å². The lowest BCUT2D eigenvalue weighted by molar-refractivity contribution is -0.384. The SMILES string of the molecule is CCOC(=O)C1=C(C)N=c2s/c(=C\c3ccc(OCc4ccc([N+](=O)[O-])cc4)cc3)c(=O)n2[C@H]1c1ccc(OC)c(OCC)c1. The number of aromatic nitrogens is 1. The first-order valence-electron chi connectivity index (χ1n) is 14.2. The molecule has 0 amide bonds. The van der Waals surface area contributed by atoms with Crippen molar-refractivity contribution in [1.29, 1.82) is 0 Å². The molecule has 1 atom stereocenters. The average Bonchev–Trinajstić information content (AvgIpc) is 3.34. The van der Waals surface area contributed by atoms with Crippen molar-refractivity contribution in [3.63, 3.8) is 0 Å². The fourth-order valence-electron chi connectivity index (χ4n) is 4.93. The summed E-state index contributed by atoms with van der Waals surface area (Å²) in [5, 5.41) is 10.9. The van der Waals surface area contributed by atoms with Gasteiger partial charge >= 0.3 is 5.97 Å². The number of allylic oxidation sites excluding steroid dienone is 1. The van der Waals surface area contributed by atoms with E-state index in [0.717, 1.165) is 11.1 Å². The molecule has 5 rings (SSSR count). The summed E-state index contributed by atoms with van der Waals surface area (Å²) in [6.45, 7) is 6.15. The third-order valence-electron chi connectivity index (χ3n) is 7.05. The van der Waals surface area contributed by atoms with Gasteiger partial charge in [-0.05, 0) is 79.9 Å². The Hall–Kier alpha value is -5.23. The maximum atomic E-state index is 13.9. The normalized spacial score (nSPS) is 14.4. The minimum Gasteiger partial charge on any atom is -0.493 e. The Morgan fingerprint density at radius 2 is 1.76 bits per heavy atom. The summed E-state index contributed by atoms with van der Waals surface area (Å²) < 4.78 is 24.4. The Bertz CT molecular complexity index is 1940. The number of carbonyl (C=O) groups excluding carboxylic acids is 1. The van der Waals surface area contributed by atoms with Crippen LogP contribution in [-0.4, -0.2) is 35.8 Å². The fourth-order valence-corrected chi connectivity index (χ4v) is 5.98. The minimum atomic E-state index is -0.789. The summed E-state index contributed by atoms with van der Waals surface area (Å²) in [6.07, 6.45) is 1.77. The molecule has 0 N–H and O–H groups in total. The van der Waals surface area contributed by atoms with Crippen LogP contribution in [0.1, 0.15) is 43.5 Å². The molecule has 0 radical (unpaired) electrons. The summed E-state index contributed by atoms with van der Waals surface area (Å²) in [5.41, 5.74) is 2.68. The van der Waals surface area contributed by atoms with Gasteiger partial charge in [0.2, 0.25) is 0 Å². The Labute approximate surface area is 262 Å². The van der Waals surface area contributed by atoms with Crippen LogP contribution in [-0.2, 0) is 16.1 Å². The van der Waals surface area contributed by atoms with E-state index in [-0.39, 0.29) is 30.0 Å². The zero-order valence-electron chi connectivity index (χ0n) is 25.1. The molecule has 0 bridgehead atoms. The van der Waals surface area contributed by atoms with Gasteiger partial charge in [-0.1, -0.05) is 29.5 Å². The van der Waals surface area contributed by atoms with Crippen LogP contribution < -0.4 is 29.1 Å². The second-order valence-electron chi connectivity index (χ2n) is 9.93. The van der Waals surface area contributed by atoms with E-state index < -0.39 is 16.9 Å². The zero-order valence-corrected chi connectivity index (χ0v) is 26.0. The van der Waals surface area contributed by atoms with Crippen molar-refractivity contribution in [2.45, 2.75) is 33.4 Å². The minimum absolute atomic E-state index is 0.0197. The summed E-state index contributed by atoms with van der Waals surface area (Å²) in [5.74, 6) is 1.09. The van der Waals surface area contributed by atoms with Crippen LogP contribution in [0.2, 0.25) is 0 Å². The molecule has 3 aromatic carbocycles. The Morgan fingerprint density at radius 1 is 1.02 bits per heavy atom. The molecule has 1 aliphatic heterocycles. The third-order valence-corrected chi connectivity index (χ3v) is 8.03. The summed E-state index contributed by atoms with van der Waals surface area (Å²) in [6, 6.07) is 17.9. The lowest BCUT2D eigenvalue weighted by atomic mass is 9.95. The molecule has 4 aromatic rings. The monoisotopic (exact) mass is 629 g/mol. The molecule has 0 saturated carbocycles. The molecule has 12 heteroatoms. The van der Waals surface area contributed by atoms with Crippen molar-refractivity contribution in [3.05, 3.63) is 124 Å². The molecule has 1 aromatic heterocycles. The van der Waals surface area contributed by atoms with Crippen molar-refractivity contribution in [3.8, 4) is 17.2 Å². The van der Waals surface area contributed by atoms with Crippen LogP contribution in [0.5, 0.6) is 17.2 Å². The van der Waals surface area contributed by atoms with Crippen LogP contribution in [0.4, 0.5) is 5.69 Å². The highest BCUT2D eigenvalue weighted by atomic mass is 32.1. The van der Waals surface area contributed by atoms with E-state index in [1.807, 2.05) is 19.1 Å². The van der Waals surface area contributed by atoms with E-state index in [4.69, 9.17) is 18.9 Å². The van der Waals surface area contributed by atoms with Crippen LogP contribution in [0.3, 0.4) is 0 Å². The second-order valence-corrected chi connectivity index (χ2v) is 10.9. The number of thiazole rings is 1. The number of methoxy groups -OCH3 is 1. The molecule has 1 aliphatic rings. The van der Waals surface area contributed by atoms with Gasteiger partial charge in [-0.25, -0.2) is 9.79 Å². The molecule has 0 aliphatic carbocycles. The number of fused-ring (bicyclic) bond motifs is 1. The standard InChI is InChI=1S/C33H31N3O8S/c1-5-42-27-18-23(11-16-26(27)41-4)30-29(32(38)43-6-2)20(3)34-33-35(30)31(37)28(45-33)17-21-9-14-25(15-10-21)44-19-22-7-12-24(13-8-22)36(39)40/h7-18,30H,5-6,19H2,1-4H3/b28-17-/t30-/m0/s1. The predicted octanol–water partition coefficient (Wildman–Crippen LogP) is 4.69. The number of carbonyl (C=O) groups is 1. The molecular weight excluding hydrogens is 598 g/mol. The number of ether oxygens (including phenoxy) is 4. The third kappa shape index (κ3) is 6.65. The first-order valence-corrected chi connectivity index (χ1v) is 15.0. The average molecular weight is 630 g/mol. The van der Waals surface area contributed by atoms with Crippen molar-refractivity contribution < 1.29 is 28.7 Å². The molecule has 0 saturated heterocycles. The molecule has 11 nitrogen and oxygen atoms in total. The molecule has 2 heterocycles. The number of nitro benzene ring substituents is 1. The number of non-ortho nitro benzene ring substituents is 1. The molecule has 0 spiro atoms. The van der Waals surface area contributed by atoms with E-state index in [0.29, 0.717) is 44.4 Å². The quantitative estimate of drug-likeness (QED) is 0.133. The Morgan fingerprint density at radius 3 is 2.40 bits per heavy atom. The van der Waals surface area contributed by atoms with Gasteiger partial charge in [0, 0.05) is 12.1 Å². The first kappa shape index (κ1) is 31.2. The molecule has 0 fully saturated rings. The highest BCUT2D eigenvalue weighted by molar-refractivity contribution is 7.07. The maximum Gasteiger partial charge on any atom is 0.338 e. The maximum absolute atomic E-state index is 13.9. The van der Waals surface area contributed by atoms with E-state index in [9.17, 15) is 19.7 Å². The fraction of sp³-hybridized carbons (Fsp3) is 0.242. The summed E-state index contributed by atoms with van der Waals surface area (Å²) in [4.78, 5) is 42.7. The van der Waals surface area contributed by atoms with Gasteiger partial charge in [0.15, 0.2) is 16.3 Å². The number of nitro groups is 1. The highest BCUT2D eigenvalue weighted by Gasteiger charge is 2.34. The number of hydrogen-bond acceptors (Lipinski definition) is 10. The number of hydrogen-bond donors (Lipinski definition) is 0. The van der Waals surface area contributed by atoms with Gasteiger partial charge in [-0.15, -0.1) is 0 Å². The van der Waals surface area contributed by atoms with Crippen molar-refractivity contribution >= 4 is 29.1 Å². The van der Waals surface area contributed by atoms with Crippen LogP contribution in [0.25, 0.3) is 6.08 Å². The van der Waals surface area contributed by atoms with E-state index >= 15 is 0 Å². The van der Waals surface area contributed by atoms with Crippen molar-refractivity contribution in [2.24, 2.45) is 4.99 Å². The lowest BCUT2D eigenvalue weighted by Gasteiger charge is -2.25. The van der Waals surface area contributed by atoms with Crippen LogP contribution >= 0.6 is 11.3 Å². The zero-order chi connectivity index (χ0) is 32.1. The van der Waals surface area contributed by atoms with Gasteiger partial charge in [0.05, 0.1) is 47.1 Å². The molecule has 45 heavy (non-hydrogen) atoms. The molecular formula is C33H31N3O8S. The lowest BCUT2D eigenvalue weighted by Crippen LogP contribution is -2.40. The predicted molar refractivity (Wildman–Crippen MR) is 168 cm³/mol. The van der Waals surface area contributed by atoms with E-state index in [2.05, 4.69) is 4.99 Å². The van der Waals surface area contributed by atoms with Crippen LogP contribution in [0.15, 0.2) is 87.8 Å². The number of esters is 1.